The molecule has 0 amide bonds. The van der Waals surface area contributed by atoms with Crippen LogP contribution >= 0.6 is 0 Å². The van der Waals surface area contributed by atoms with Crippen LogP contribution in [0.3, 0.4) is 0 Å². The molecule has 6 heteroatoms. The molecule has 6 nitrogen and oxygen atoms in total. The second-order valence-corrected chi connectivity index (χ2v) is 1.83. The molecule has 74 valence electrons. The molecule has 0 aliphatic carbocycles. The zero-order valence-electron chi connectivity index (χ0n) is 6.77. The molecule has 0 aromatic rings. The monoisotopic (exact) mass is 190 g/mol. The van der Waals surface area contributed by atoms with Gasteiger partial charge in [0.2, 0.25) is 0 Å². The molecule has 0 aromatic carbocycles. The predicted octanol–water partition coefficient (Wildman–Crippen LogP) is 0.193. The van der Waals surface area contributed by atoms with E-state index in [-0.39, 0.29) is 12.8 Å². The zero-order chi connectivity index (χ0) is 10.9. The van der Waals surface area contributed by atoms with Gasteiger partial charge in [0.25, 0.3) is 0 Å². The highest BCUT2D eigenvalue weighted by atomic mass is 16.4. The van der Waals surface area contributed by atoms with E-state index in [2.05, 4.69) is 6.58 Å². The van der Waals surface area contributed by atoms with Gasteiger partial charge in [-0.3, -0.25) is 9.59 Å². The first-order valence-corrected chi connectivity index (χ1v) is 3.19. The smallest absolute Gasteiger partial charge is 0.327 e. The normalized spacial score (nSPS) is 7.69. The second-order valence-electron chi connectivity index (χ2n) is 1.83. The van der Waals surface area contributed by atoms with Gasteiger partial charge in [0.05, 0.1) is 12.8 Å². The van der Waals surface area contributed by atoms with Crippen LogP contribution in [0.15, 0.2) is 12.7 Å². The zero-order valence-corrected chi connectivity index (χ0v) is 6.77. The number of carbonyl (C=O) groups is 3. The van der Waals surface area contributed by atoms with E-state index in [0.29, 0.717) is 0 Å². The summed E-state index contributed by atoms with van der Waals surface area (Å²) < 4.78 is 0. The van der Waals surface area contributed by atoms with Crippen molar-refractivity contribution in [2.45, 2.75) is 12.8 Å². The Labute approximate surface area is 74.1 Å². The molecule has 0 aliphatic heterocycles. The molecule has 0 unspecified atom stereocenters. The topological polar surface area (TPSA) is 112 Å². The summed E-state index contributed by atoms with van der Waals surface area (Å²) in [5.41, 5.74) is 0. The Hall–Kier alpha value is -1.85. The van der Waals surface area contributed by atoms with E-state index in [1.54, 1.807) is 0 Å². The molecule has 13 heavy (non-hydrogen) atoms. The number of hydrogen-bond donors (Lipinski definition) is 3. The van der Waals surface area contributed by atoms with Gasteiger partial charge in [0.15, 0.2) is 0 Å². The van der Waals surface area contributed by atoms with Crippen LogP contribution in [0.25, 0.3) is 0 Å². The van der Waals surface area contributed by atoms with Crippen LogP contribution in [0.4, 0.5) is 0 Å². The molecule has 0 heterocycles. The lowest BCUT2D eigenvalue weighted by Crippen LogP contribution is -2.00. The minimum Gasteiger partial charge on any atom is -0.481 e. The lowest BCUT2D eigenvalue weighted by atomic mass is 10.3. The summed E-state index contributed by atoms with van der Waals surface area (Å²) in [6.07, 6.45) is 0.241. The Morgan fingerprint density at radius 1 is 1.00 bits per heavy atom. The maximum atomic E-state index is 9.64. The first-order chi connectivity index (χ1) is 5.90. The summed E-state index contributed by atoms with van der Waals surface area (Å²) in [4.78, 5) is 28.5. The van der Waals surface area contributed by atoms with Crippen molar-refractivity contribution >= 4 is 17.9 Å². The third-order valence-corrected chi connectivity index (χ3v) is 0.727. The standard InChI is InChI=1S/C4H6O4.C3H4O2/c5-3(6)1-2-4(7)8;1-2-3(4)5/h1-2H2,(H,5,6)(H,7,8);2H,1H2,(H,4,5). The number of carboxylic acid groups (broad SMARTS) is 3. The predicted molar refractivity (Wildman–Crippen MR) is 42.3 cm³/mol. The van der Waals surface area contributed by atoms with E-state index < -0.39 is 17.9 Å². The van der Waals surface area contributed by atoms with Crippen molar-refractivity contribution in [3.8, 4) is 0 Å². The van der Waals surface area contributed by atoms with Gasteiger partial charge in [-0.25, -0.2) is 4.79 Å². The Morgan fingerprint density at radius 3 is 1.31 bits per heavy atom. The first-order valence-electron chi connectivity index (χ1n) is 3.19. The Balaban J connectivity index is 0. The largest absolute Gasteiger partial charge is 0.481 e. The third kappa shape index (κ3) is 25.4. The van der Waals surface area contributed by atoms with Gasteiger partial charge in [0, 0.05) is 6.08 Å². The van der Waals surface area contributed by atoms with Crippen molar-refractivity contribution in [1.29, 1.82) is 0 Å². The highest BCUT2D eigenvalue weighted by Gasteiger charge is 2.00. The van der Waals surface area contributed by atoms with Crippen LogP contribution in [0, 0.1) is 0 Å². The summed E-state index contributed by atoms with van der Waals surface area (Å²) >= 11 is 0. The minimum atomic E-state index is -1.08. The van der Waals surface area contributed by atoms with Gasteiger partial charge in [-0.2, -0.15) is 0 Å². The van der Waals surface area contributed by atoms with E-state index >= 15 is 0 Å². The number of carboxylic acids is 3. The summed E-state index contributed by atoms with van der Waals surface area (Å²) in [5.74, 6) is -3.13. The van der Waals surface area contributed by atoms with E-state index in [4.69, 9.17) is 15.3 Å². The molecule has 0 spiro atoms. The van der Waals surface area contributed by atoms with E-state index in [1.165, 1.54) is 0 Å². The average Bonchev–Trinajstić information content (AvgIpc) is 2.02. The highest BCUT2D eigenvalue weighted by molar-refractivity contribution is 5.78. The lowest BCUT2D eigenvalue weighted by Gasteiger charge is -1.85. The fraction of sp³-hybridized carbons (Fsp3) is 0.286. The maximum absolute atomic E-state index is 9.64. The average molecular weight is 190 g/mol. The Morgan fingerprint density at radius 2 is 1.23 bits per heavy atom. The van der Waals surface area contributed by atoms with E-state index in [9.17, 15) is 14.4 Å². The third-order valence-electron chi connectivity index (χ3n) is 0.727. The van der Waals surface area contributed by atoms with Gasteiger partial charge in [-0.15, -0.1) is 0 Å². The fourth-order valence-electron chi connectivity index (χ4n) is 0.214. The molecule has 0 saturated heterocycles. The summed E-state index contributed by atoms with van der Waals surface area (Å²) in [6, 6.07) is 0. The molecular weight excluding hydrogens is 180 g/mol. The van der Waals surface area contributed by atoms with Crippen LogP contribution in [-0.4, -0.2) is 33.2 Å². The maximum Gasteiger partial charge on any atom is 0.327 e. The molecule has 0 aromatic heterocycles. The minimum absolute atomic E-state index is 0.296. The molecule has 0 saturated carbocycles. The van der Waals surface area contributed by atoms with Gasteiger partial charge >= 0.3 is 17.9 Å². The molecule has 0 rings (SSSR count). The van der Waals surface area contributed by atoms with Crippen molar-refractivity contribution in [3.63, 3.8) is 0 Å². The van der Waals surface area contributed by atoms with Gasteiger partial charge in [-0.1, -0.05) is 6.58 Å². The molecular formula is C7H10O6. The number of aliphatic carboxylic acids is 3. The van der Waals surface area contributed by atoms with Gasteiger partial charge in [-0.05, 0) is 0 Å². The number of rotatable bonds is 4. The molecule has 0 bridgehead atoms. The first kappa shape index (κ1) is 13.7. The fourth-order valence-corrected chi connectivity index (χ4v) is 0.214. The van der Waals surface area contributed by atoms with E-state index in [0.717, 1.165) is 6.08 Å². The Kier molecular flexibility index (Phi) is 8.71. The highest BCUT2D eigenvalue weighted by Crippen LogP contribution is 1.86. The van der Waals surface area contributed by atoms with Crippen molar-refractivity contribution in [3.05, 3.63) is 12.7 Å². The summed E-state index contributed by atoms with van der Waals surface area (Å²) in [5, 5.41) is 23.4. The SMILES string of the molecule is C=CC(=O)O.O=C(O)CCC(=O)O. The van der Waals surface area contributed by atoms with Crippen LogP contribution in [0.5, 0.6) is 0 Å². The van der Waals surface area contributed by atoms with Crippen LogP contribution in [0.2, 0.25) is 0 Å². The van der Waals surface area contributed by atoms with Crippen LogP contribution in [0.1, 0.15) is 12.8 Å². The molecule has 0 radical (unpaired) electrons. The Bertz CT molecular complexity index is 193. The summed E-state index contributed by atoms with van der Waals surface area (Å²) in [7, 11) is 0. The summed E-state index contributed by atoms with van der Waals surface area (Å²) in [6.45, 7) is 2.96. The molecule has 0 atom stereocenters. The second kappa shape index (κ2) is 8.25. The van der Waals surface area contributed by atoms with Gasteiger partial charge < -0.3 is 15.3 Å². The molecule has 3 N–H and O–H groups in total. The van der Waals surface area contributed by atoms with Crippen LogP contribution < -0.4 is 0 Å². The van der Waals surface area contributed by atoms with Crippen molar-refractivity contribution < 1.29 is 29.7 Å². The van der Waals surface area contributed by atoms with Crippen molar-refractivity contribution in [1.82, 2.24) is 0 Å². The number of hydrogen-bond acceptors (Lipinski definition) is 3. The molecule has 0 fully saturated rings. The van der Waals surface area contributed by atoms with Crippen molar-refractivity contribution in [2.24, 2.45) is 0 Å². The molecule has 0 aliphatic rings. The lowest BCUT2D eigenvalue weighted by molar-refractivity contribution is -0.143. The quantitative estimate of drug-likeness (QED) is 0.545. The van der Waals surface area contributed by atoms with Gasteiger partial charge in [0.1, 0.15) is 0 Å². The van der Waals surface area contributed by atoms with Crippen molar-refractivity contribution in [2.75, 3.05) is 0 Å². The van der Waals surface area contributed by atoms with E-state index in [1.807, 2.05) is 0 Å². The van der Waals surface area contributed by atoms with Crippen LogP contribution in [-0.2, 0) is 14.4 Å².